The molecule has 0 spiro atoms. The first kappa shape index (κ1) is 22.6. The average molecular weight is 439 g/mol. The molecule has 3 aromatic rings. The lowest BCUT2D eigenvalue weighted by Crippen LogP contribution is -2.21. The molecule has 0 aliphatic rings. The number of aromatic amines is 1. The van der Waals surface area contributed by atoms with Gasteiger partial charge in [-0.1, -0.05) is 0 Å². The first-order valence-corrected chi connectivity index (χ1v) is 11.1. The van der Waals surface area contributed by atoms with Gasteiger partial charge in [-0.3, -0.25) is 0 Å². The summed E-state index contributed by atoms with van der Waals surface area (Å²) in [6.45, 7) is 12.1. The van der Waals surface area contributed by atoms with Crippen LogP contribution in [0.3, 0.4) is 0 Å². The minimum atomic E-state index is 0.174. The number of phenolic OH excluding ortho intramolecular Hbond substituents is 1. The molecule has 3 rings (SSSR count). The smallest absolute Gasteiger partial charge is 0.216 e. The summed E-state index contributed by atoms with van der Waals surface area (Å²) >= 11 is 5.37. The summed E-state index contributed by atoms with van der Waals surface area (Å²) < 4.78 is 1.96. The molecular formula is C23H30N6OS. The lowest BCUT2D eigenvalue weighted by atomic mass is 10.2. The summed E-state index contributed by atoms with van der Waals surface area (Å²) in [7, 11) is 0. The quantitative estimate of drug-likeness (QED) is 0.368. The number of nitrogens with zero attached hydrogens (tertiary/aromatic N) is 5. The fourth-order valence-corrected chi connectivity index (χ4v) is 3.72. The van der Waals surface area contributed by atoms with Gasteiger partial charge < -0.3 is 14.9 Å². The fourth-order valence-electron chi connectivity index (χ4n) is 3.54. The van der Waals surface area contributed by atoms with Crippen LogP contribution in [0, 0.1) is 4.77 Å². The second-order valence-corrected chi connectivity index (χ2v) is 7.43. The number of aromatic nitrogens is 3. The summed E-state index contributed by atoms with van der Waals surface area (Å²) in [5.41, 5.74) is 3.66. The van der Waals surface area contributed by atoms with Gasteiger partial charge in [0.25, 0.3) is 0 Å². The number of aromatic hydroxyl groups is 1. The van der Waals surface area contributed by atoms with Gasteiger partial charge in [-0.2, -0.15) is 14.9 Å². The normalized spacial score (nSPS) is 11.2. The van der Waals surface area contributed by atoms with E-state index in [1.807, 2.05) is 24.3 Å². The van der Waals surface area contributed by atoms with Crippen molar-refractivity contribution in [2.45, 2.75) is 27.7 Å². The molecule has 2 aromatic carbocycles. The summed E-state index contributed by atoms with van der Waals surface area (Å²) in [4.78, 5) is 4.45. The zero-order valence-electron chi connectivity index (χ0n) is 18.5. The number of anilines is 2. The highest BCUT2D eigenvalue weighted by atomic mass is 32.1. The molecule has 1 heterocycles. The Kier molecular flexibility index (Phi) is 7.46. The monoisotopic (exact) mass is 438 g/mol. The third-order valence-electron chi connectivity index (χ3n) is 5.36. The molecule has 0 atom stereocenters. The number of nitrogens with one attached hydrogen (secondary N) is 1. The molecule has 0 unspecified atom stereocenters. The lowest BCUT2D eigenvalue weighted by molar-refractivity contribution is 0.474. The molecule has 1 aromatic heterocycles. The standard InChI is InChI=1S/C23H30N6OS/c1-5-27(6-2)19-12-9-17(10-13-19)22-25-26-23(31)29(22)24-16-18-11-14-20(15-21(18)30)28(7-3)8-4/h9-16,30H,5-8H2,1-4H3,(H,26,31)/b24-16+. The summed E-state index contributed by atoms with van der Waals surface area (Å²) in [5.74, 6) is 0.792. The maximum Gasteiger partial charge on any atom is 0.216 e. The average Bonchev–Trinajstić information content (AvgIpc) is 3.15. The Balaban J connectivity index is 1.88. The molecule has 164 valence electrons. The van der Waals surface area contributed by atoms with Crippen LogP contribution >= 0.6 is 12.2 Å². The van der Waals surface area contributed by atoms with Gasteiger partial charge in [-0.25, -0.2) is 5.10 Å². The van der Waals surface area contributed by atoms with E-state index in [1.54, 1.807) is 17.0 Å². The van der Waals surface area contributed by atoms with E-state index in [-0.39, 0.29) is 5.75 Å². The lowest BCUT2D eigenvalue weighted by Gasteiger charge is -2.21. The van der Waals surface area contributed by atoms with Crippen LogP contribution in [0.25, 0.3) is 11.4 Å². The van der Waals surface area contributed by atoms with Crippen molar-refractivity contribution in [3.05, 3.63) is 52.8 Å². The van der Waals surface area contributed by atoms with Crippen molar-refractivity contribution in [2.75, 3.05) is 36.0 Å². The Morgan fingerprint density at radius 2 is 1.55 bits per heavy atom. The molecule has 0 saturated carbocycles. The van der Waals surface area contributed by atoms with Gasteiger partial charge in [-0.15, -0.1) is 0 Å². The topological polar surface area (TPSA) is 72.7 Å². The van der Waals surface area contributed by atoms with Crippen molar-refractivity contribution in [2.24, 2.45) is 5.10 Å². The molecule has 0 saturated heterocycles. The minimum absolute atomic E-state index is 0.174. The summed E-state index contributed by atoms with van der Waals surface area (Å²) in [6, 6.07) is 13.8. The highest BCUT2D eigenvalue weighted by Crippen LogP contribution is 2.25. The van der Waals surface area contributed by atoms with E-state index in [2.05, 4.69) is 64.9 Å². The number of phenols is 1. The van der Waals surface area contributed by atoms with E-state index < -0.39 is 0 Å². The van der Waals surface area contributed by atoms with Crippen LogP contribution in [-0.4, -0.2) is 52.4 Å². The molecule has 0 aliphatic heterocycles. The number of H-pyrrole nitrogens is 1. The van der Waals surface area contributed by atoms with Crippen LogP contribution in [-0.2, 0) is 0 Å². The first-order valence-electron chi connectivity index (χ1n) is 10.7. The van der Waals surface area contributed by atoms with Crippen LogP contribution in [0.15, 0.2) is 47.6 Å². The first-order chi connectivity index (χ1) is 15.0. The number of hydrogen-bond donors (Lipinski definition) is 2. The van der Waals surface area contributed by atoms with Crippen molar-refractivity contribution < 1.29 is 5.11 Å². The van der Waals surface area contributed by atoms with Gasteiger partial charge in [0.2, 0.25) is 4.77 Å². The van der Waals surface area contributed by atoms with E-state index in [0.717, 1.165) is 43.1 Å². The molecule has 0 amide bonds. The molecule has 0 radical (unpaired) electrons. The molecule has 7 nitrogen and oxygen atoms in total. The second kappa shape index (κ2) is 10.3. The zero-order valence-corrected chi connectivity index (χ0v) is 19.4. The number of benzene rings is 2. The highest BCUT2D eigenvalue weighted by Gasteiger charge is 2.10. The Labute approximate surface area is 188 Å². The third kappa shape index (κ3) is 4.96. The minimum Gasteiger partial charge on any atom is -0.507 e. The van der Waals surface area contributed by atoms with Gasteiger partial charge in [0.05, 0.1) is 6.21 Å². The van der Waals surface area contributed by atoms with Gasteiger partial charge in [0.1, 0.15) is 5.75 Å². The SMILES string of the molecule is CCN(CC)c1ccc(-c2n[nH]c(=S)n2/N=C/c2ccc(N(CC)CC)cc2O)cc1. The Bertz CT molecular complexity index is 1080. The fraction of sp³-hybridized carbons (Fsp3) is 0.348. The van der Waals surface area contributed by atoms with Gasteiger partial charge in [-0.05, 0) is 76.3 Å². The second-order valence-electron chi connectivity index (χ2n) is 7.04. The maximum atomic E-state index is 10.5. The van der Waals surface area contributed by atoms with E-state index in [0.29, 0.717) is 16.2 Å². The van der Waals surface area contributed by atoms with Crippen LogP contribution in [0.4, 0.5) is 11.4 Å². The third-order valence-corrected chi connectivity index (χ3v) is 5.62. The maximum absolute atomic E-state index is 10.5. The molecule has 2 N–H and O–H groups in total. The van der Waals surface area contributed by atoms with Crippen molar-refractivity contribution in [3.8, 4) is 17.1 Å². The van der Waals surface area contributed by atoms with Crippen LogP contribution in [0.2, 0.25) is 0 Å². The largest absolute Gasteiger partial charge is 0.507 e. The van der Waals surface area contributed by atoms with Crippen LogP contribution < -0.4 is 9.80 Å². The van der Waals surface area contributed by atoms with Crippen LogP contribution in [0.1, 0.15) is 33.3 Å². The van der Waals surface area contributed by atoms with Gasteiger partial charge in [0, 0.05) is 54.7 Å². The van der Waals surface area contributed by atoms with E-state index in [1.165, 1.54) is 0 Å². The Morgan fingerprint density at radius 3 is 2.13 bits per heavy atom. The molecular weight excluding hydrogens is 408 g/mol. The Morgan fingerprint density at radius 1 is 0.968 bits per heavy atom. The molecule has 0 bridgehead atoms. The van der Waals surface area contributed by atoms with Crippen molar-refractivity contribution in [1.82, 2.24) is 14.9 Å². The van der Waals surface area contributed by atoms with Crippen LogP contribution in [0.5, 0.6) is 5.75 Å². The van der Waals surface area contributed by atoms with Gasteiger partial charge >= 0.3 is 0 Å². The van der Waals surface area contributed by atoms with Crippen molar-refractivity contribution in [3.63, 3.8) is 0 Å². The predicted molar refractivity (Wildman–Crippen MR) is 131 cm³/mol. The van der Waals surface area contributed by atoms with E-state index in [4.69, 9.17) is 12.2 Å². The van der Waals surface area contributed by atoms with Gasteiger partial charge in [0.15, 0.2) is 5.82 Å². The van der Waals surface area contributed by atoms with Crippen molar-refractivity contribution in [1.29, 1.82) is 0 Å². The number of hydrogen-bond acceptors (Lipinski definition) is 6. The molecule has 31 heavy (non-hydrogen) atoms. The highest BCUT2D eigenvalue weighted by molar-refractivity contribution is 7.71. The zero-order chi connectivity index (χ0) is 22.4. The summed E-state index contributed by atoms with van der Waals surface area (Å²) in [6.07, 6.45) is 1.60. The molecule has 8 heteroatoms. The molecule has 0 aliphatic carbocycles. The summed E-state index contributed by atoms with van der Waals surface area (Å²) in [5, 5.41) is 22.1. The number of rotatable bonds is 9. The molecule has 0 fully saturated rings. The van der Waals surface area contributed by atoms with E-state index >= 15 is 0 Å². The Hall–Kier alpha value is -3.13. The van der Waals surface area contributed by atoms with Crippen molar-refractivity contribution >= 4 is 29.8 Å². The predicted octanol–water partition coefficient (Wildman–Crippen LogP) is 4.89. The van der Waals surface area contributed by atoms with E-state index in [9.17, 15) is 5.11 Å².